The molecule has 2 fully saturated rings. The highest BCUT2D eigenvalue weighted by Crippen LogP contribution is 2.31. The van der Waals surface area contributed by atoms with Gasteiger partial charge in [0.1, 0.15) is 0 Å². The van der Waals surface area contributed by atoms with Gasteiger partial charge in [0.15, 0.2) is 0 Å². The van der Waals surface area contributed by atoms with E-state index in [9.17, 15) is 13.2 Å². The Balaban J connectivity index is 1.56. The lowest BCUT2D eigenvalue weighted by Gasteiger charge is -2.35. The molecule has 2 aliphatic heterocycles. The number of carbonyl (C=O) groups is 1. The van der Waals surface area contributed by atoms with Crippen LogP contribution >= 0.6 is 0 Å². The van der Waals surface area contributed by atoms with Gasteiger partial charge in [-0.15, -0.1) is 0 Å². The van der Waals surface area contributed by atoms with Crippen molar-refractivity contribution >= 4 is 15.9 Å². The highest BCUT2D eigenvalue weighted by Gasteiger charge is 2.32. The molecule has 1 amide bonds. The molecule has 0 N–H and O–H groups in total. The summed E-state index contributed by atoms with van der Waals surface area (Å²) in [5.74, 6) is 0.447. The summed E-state index contributed by atoms with van der Waals surface area (Å²) in [5.41, 5.74) is 2.17. The minimum atomic E-state index is -3.41. The van der Waals surface area contributed by atoms with E-state index in [0.29, 0.717) is 24.5 Å². The lowest BCUT2D eigenvalue weighted by atomic mass is 9.84. The number of hydrogen-bond donors (Lipinski definition) is 0. The Morgan fingerprint density at radius 3 is 2.40 bits per heavy atom. The number of fused-ring (bicyclic) bond motifs is 1. The van der Waals surface area contributed by atoms with Crippen molar-refractivity contribution in [2.45, 2.75) is 56.4 Å². The average molecular weight is 362 g/mol. The van der Waals surface area contributed by atoms with Gasteiger partial charge in [-0.25, -0.2) is 8.42 Å². The third-order valence-electron chi connectivity index (χ3n) is 5.91. The van der Waals surface area contributed by atoms with Crippen LogP contribution in [0.5, 0.6) is 0 Å². The molecule has 2 heterocycles. The van der Waals surface area contributed by atoms with Crippen LogP contribution in [0.1, 0.15) is 49.7 Å². The number of rotatable bonds is 3. The van der Waals surface area contributed by atoms with E-state index in [0.717, 1.165) is 57.1 Å². The van der Waals surface area contributed by atoms with Crippen molar-refractivity contribution in [1.29, 1.82) is 0 Å². The summed E-state index contributed by atoms with van der Waals surface area (Å²) >= 11 is 0. The van der Waals surface area contributed by atoms with Crippen LogP contribution in [-0.4, -0.2) is 43.2 Å². The van der Waals surface area contributed by atoms with Gasteiger partial charge in [0.05, 0.1) is 4.90 Å². The quantitative estimate of drug-likeness (QED) is 0.830. The van der Waals surface area contributed by atoms with Crippen LogP contribution in [-0.2, 0) is 27.8 Å². The van der Waals surface area contributed by atoms with Gasteiger partial charge in [-0.3, -0.25) is 4.79 Å². The summed E-state index contributed by atoms with van der Waals surface area (Å²) in [6, 6.07) is 5.49. The maximum absolute atomic E-state index is 12.9. The van der Waals surface area contributed by atoms with Crippen LogP contribution in [0.2, 0.25) is 0 Å². The lowest BCUT2D eigenvalue weighted by molar-refractivity contribution is -0.139. The zero-order valence-corrected chi connectivity index (χ0v) is 15.4. The summed E-state index contributed by atoms with van der Waals surface area (Å²) in [5, 5.41) is 0. The fourth-order valence-electron chi connectivity index (χ4n) is 4.05. The van der Waals surface area contributed by atoms with Crippen molar-refractivity contribution in [2.24, 2.45) is 5.92 Å². The maximum atomic E-state index is 12.9. The summed E-state index contributed by atoms with van der Waals surface area (Å²) in [7, 11) is -3.41. The highest BCUT2D eigenvalue weighted by molar-refractivity contribution is 7.89. The van der Waals surface area contributed by atoms with Crippen LogP contribution in [0.3, 0.4) is 0 Å². The second-order valence-corrected chi connectivity index (χ2v) is 9.47. The van der Waals surface area contributed by atoms with Gasteiger partial charge in [0.2, 0.25) is 15.9 Å². The van der Waals surface area contributed by atoms with E-state index < -0.39 is 10.0 Å². The van der Waals surface area contributed by atoms with Crippen molar-refractivity contribution < 1.29 is 13.2 Å². The molecule has 0 radical (unpaired) electrons. The smallest absolute Gasteiger partial charge is 0.243 e. The highest BCUT2D eigenvalue weighted by atomic mass is 32.2. The minimum absolute atomic E-state index is 0.196. The third-order valence-corrected chi connectivity index (χ3v) is 7.80. The SMILES string of the molecule is O=C(C1CCC1)N1CCc2ccc(S(=O)(=O)N3CCCCC3)cc2C1. The zero-order valence-electron chi connectivity index (χ0n) is 14.6. The summed E-state index contributed by atoms with van der Waals surface area (Å²) in [6.45, 7) is 2.53. The zero-order chi connectivity index (χ0) is 17.4. The molecule has 1 aliphatic carbocycles. The van der Waals surface area contributed by atoms with Crippen molar-refractivity contribution in [2.75, 3.05) is 19.6 Å². The molecule has 1 aromatic rings. The molecule has 3 aliphatic rings. The molecule has 0 bridgehead atoms. The van der Waals surface area contributed by atoms with Crippen molar-refractivity contribution in [1.82, 2.24) is 9.21 Å². The van der Waals surface area contributed by atoms with Crippen LogP contribution in [0.25, 0.3) is 0 Å². The molecule has 0 atom stereocenters. The third kappa shape index (κ3) is 3.22. The molecule has 0 spiro atoms. The summed E-state index contributed by atoms with van der Waals surface area (Å²) in [4.78, 5) is 14.8. The standard InChI is InChI=1S/C19H26N2O3S/c22-19(16-5-4-6-16)20-12-9-15-7-8-18(13-17(15)14-20)25(23,24)21-10-2-1-3-11-21/h7-8,13,16H,1-6,9-12,14H2. The Labute approximate surface area is 150 Å². The first-order chi connectivity index (χ1) is 12.1. The van der Waals surface area contributed by atoms with E-state index in [1.54, 1.807) is 16.4 Å². The Kier molecular flexibility index (Phi) is 4.58. The van der Waals surface area contributed by atoms with Gasteiger partial charge in [-0.1, -0.05) is 18.9 Å². The van der Waals surface area contributed by atoms with Gasteiger partial charge in [-0.2, -0.15) is 4.31 Å². The molecule has 136 valence electrons. The van der Waals surface area contributed by atoms with E-state index in [-0.39, 0.29) is 11.8 Å². The van der Waals surface area contributed by atoms with Gasteiger partial charge >= 0.3 is 0 Å². The fraction of sp³-hybridized carbons (Fsp3) is 0.632. The molecule has 4 rings (SSSR count). The molecule has 6 heteroatoms. The Hall–Kier alpha value is -1.40. The van der Waals surface area contributed by atoms with Crippen molar-refractivity contribution in [3.05, 3.63) is 29.3 Å². The molecule has 1 saturated heterocycles. The van der Waals surface area contributed by atoms with E-state index >= 15 is 0 Å². The maximum Gasteiger partial charge on any atom is 0.243 e. The van der Waals surface area contributed by atoms with Gasteiger partial charge in [0, 0.05) is 32.1 Å². The van der Waals surface area contributed by atoms with Crippen LogP contribution in [0.15, 0.2) is 23.1 Å². The van der Waals surface area contributed by atoms with E-state index in [2.05, 4.69) is 0 Å². The Morgan fingerprint density at radius 2 is 1.72 bits per heavy atom. The molecule has 5 nitrogen and oxygen atoms in total. The first kappa shape index (κ1) is 17.0. The van der Waals surface area contributed by atoms with E-state index in [1.807, 2.05) is 11.0 Å². The molecular weight excluding hydrogens is 336 g/mol. The Morgan fingerprint density at radius 1 is 0.960 bits per heavy atom. The van der Waals surface area contributed by atoms with Crippen molar-refractivity contribution in [3.8, 4) is 0 Å². The summed E-state index contributed by atoms with van der Waals surface area (Å²) < 4.78 is 27.4. The normalized spacial score (nSPS) is 22.3. The number of hydrogen-bond acceptors (Lipinski definition) is 3. The average Bonchev–Trinajstić information content (AvgIpc) is 2.60. The monoisotopic (exact) mass is 362 g/mol. The van der Waals surface area contributed by atoms with E-state index in [4.69, 9.17) is 0 Å². The number of piperidine rings is 1. The predicted octanol–water partition coefficient (Wildman–Crippen LogP) is 2.55. The van der Waals surface area contributed by atoms with Crippen LogP contribution in [0.4, 0.5) is 0 Å². The summed E-state index contributed by atoms with van der Waals surface area (Å²) in [6.07, 6.45) is 6.96. The second kappa shape index (κ2) is 6.72. The number of nitrogens with zero attached hydrogens (tertiary/aromatic N) is 2. The molecule has 1 aromatic carbocycles. The van der Waals surface area contributed by atoms with Crippen molar-refractivity contribution in [3.63, 3.8) is 0 Å². The predicted molar refractivity (Wildman–Crippen MR) is 95.5 cm³/mol. The number of carbonyl (C=O) groups excluding carboxylic acids is 1. The molecule has 0 unspecified atom stereocenters. The van der Waals surface area contributed by atoms with Gasteiger partial charge in [-0.05, 0) is 55.4 Å². The topological polar surface area (TPSA) is 57.7 Å². The lowest BCUT2D eigenvalue weighted by Crippen LogP contribution is -2.42. The number of benzene rings is 1. The van der Waals surface area contributed by atoms with Crippen LogP contribution < -0.4 is 0 Å². The van der Waals surface area contributed by atoms with Crippen LogP contribution in [0, 0.1) is 5.92 Å². The van der Waals surface area contributed by atoms with E-state index in [1.165, 1.54) is 5.56 Å². The minimum Gasteiger partial charge on any atom is -0.338 e. The molecule has 1 saturated carbocycles. The fourth-order valence-corrected chi connectivity index (χ4v) is 5.62. The molecule has 25 heavy (non-hydrogen) atoms. The second-order valence-electron chi connectivity index (χ2n) is 7.53. The first-order valence-electron chi connectivity index (χ1n) is 9.46. The number of sulfonamides is 1. The molecule has 0 aromatic heterocycles. The molecular formula is C19H26N2O3S. The Bertz CT molecular complexity index is 765. The first-order valence-corrected chi connectivity index (χ1v) is 10.9. The largest absolute Gasteiger partial charge is 0.338 e. The number of amides is 1. The van der Waals surface area contributed by atoms with Gasteiger partial charge in [0.25, 0.3) is 0 Å². The van der Waals surface area contributed by atoms with Gasteiger partial charge < -0.3 is 4.90 Å².